The van der Waals surface area contributed by atoms with Gasteiger partial charge in [0.05, 0.1) is 27.7 Å². The third-order valence-electron chi connectivity index (χ3n) is 3.78. The molecule has 10 heteroatoms. The number of benzene rings is 1. The number of fused-ring (bicyclic) bond motifs is 3. The number of aromatic nitrogens is 3. The fraction of sp³-hybridized carbons (Fsp3) is 0.333. The van der Waals surface area contributed by atoms with E-state index in [1.165, 1.54) is 23.9 Å². The van der Waals surface area contributed by atoms with Crippen LogP contribution in [0, 0.1) is 10.1 Å². The second-order valence-corrected chi connectivity index (χ2v) is 8.63. The first-order valence-electron chi connectivity index (χ1n) is 6.51. The molecule has 0 amide bonds. The zero-order valence-electron chi connectivity index (χ0n) is 11.1. The molecule has 0 unspecified atom stereocenters. The topological polar surface area (TPSA) is 108 Å². The highest BCUT2D eigenvalue weighted by atomic mass is 32.2. The van der Waals surface area contributed by atoms with E-state index in [-0.39, 0.29) is 28.5 Å². The van der Waals surface area contributed by atoms with Crippen molar-refractivity contribution in [2.45, 2.75) is 16.4 Å². The lowest BCUT2D eigenvalue weighted by molar-refractivity contribution is -0.384. The van der Waals surface area contributed by atoms with E-state index in [4.69, 9.17) is 0 Å². The molecule has 2 atom stereocenters. The Kier molecular flexibility index (Phi) is 2.82. The molecule has 3 heterocycles. The Hall–Kier alpha value is -1.94. The molecule has 2 aliphatic rings. The van der Waals surface area contributed by atoms with Crippen molar-refractivity contribution in [3.05, 3.63) is 34.4 Å². The van der Waals surface area contributed by atoms with Crippen molar-refractivity contribution in [3.63, 3.8) is 0 Å². The third kappa shape index (κ3) is 2.10. The number of nitrogens with zero attached hydrogens (tertiary/aromatic N) is 4. The average molecular weight is 338 g/mol. The number of hydrogen-bond acceptors (Lipinski definition) is 7. The van der Waals surface area contributed by atoms with Gasteiger partial charge in [0.25, 0.3) is 5.69 Å². The molecule has 1 saturated heterocycles. The van der Waals surface area contributed by atoms with Gasteiger partial charge >= 0.3 is 0 Å². The van der Waals surface area contributed by atoms with Crippen LogP contribution in [0.1, 0.15) is 6.04 Å². The van der Waals surface area contributed by atoms with E-state index in [9.17, 15) is 18.5 Å². The quantitative estimate of drug-likeness (QED) is 0.600. The van der Waals surface area contributed by atoms with E-state index in [0.29, 0.717) is 16.5 Å². The number of non-ortho nitro benzene ring substituents is 1. The van der Waals surface area contributed by atoms with Crippen LogP contribution in [0.2, 0.25) is 0 Å². The molecular formula is C12H10N4O4S2. The molecule has 0 bridgehead atoms. The van der Waals surface area contributed by atoms with Crippen LogP contribution < -0.4 is 0 Å². The molecular weight excluding hydrogens is 328 g/mol. The van der Waals surface area contributed by atoms with Gasteiger partial charge in [0.15, 0.2) is 20.8 Å². The van der Waals surface area contributed by atoms with Crippen LogP contribution in [0.4, 0.5) is 5.69 Å². The molecule has 8 nitrogen and oxygen atoms in total. The normalized spacial score (nSPS) is 24.9. The number of hydrogen-bond donors (Lipinski definition) is 0. The van der Waals surface area contributed by atoms with Crippen LogP contribution in [0.15, 0.2) is 29.4 Å². The van der Waals surface area contributed by atoms with Gasteiger partial charge in [-0.15, -0.1) is 5.10 Å². The Morgan fingerprint density at radius 1 is 1.27 bits per heavy atom. The summed E-state index contributed by atoms with van der Waals surface area (Å²) < 4.78 is 25.1. The van der Waals surface area contributed by atoms with Gasteiger partial charge < -0.3 is 0 Å². The first kappa shape index (κ1) is 13.7. The Balaban J connectivity index is 1.67. The highest BCUT2D eigenvalue weighted by Crippen LogP contribution is 2.44. The fourth-order valence-electron chi connectivity index (χ4n) is 2.73. The number of sulfone groups is 1. The zero-order valence-corrected chi connectivity index (χ0v) is 12.7. The Morgan fingerprint density at radius 3 is 2.68 bits per heavy atom. The minimum absolute atomic E-state index is 0.00632. The Labute approximate surface area is 129 Å². The maximum atomic E-state index is 11.7. The van der Waals surface area contributed by atoms with Crippen molar-refractivity contribution in [3.8, 4) is 11.4 Å². The molecule has 2 aliphatic heterocycles. The molecule has 0 aliphatic carbocycles. The van der Waals surface area contributed by atoms with Crippen molar-refractivity contribution >= 4 is 27.3 Å². The lowest BCUT2D eigenvalue weighted by Crippen LogP contribution is -2.14. The molecule has 0 spiro atoms. The third-order valence-corrected chi connectivity index (χ3v) is 6.98. The predicted octanol–water partition coefficient (Wildman–Crippen LogP) is 1.30. The monoisotopic (exact) mass is 338 g/mol. The van der Waals surface area contributed by atoms with Crippen molar-refractivity contribution in [2.75, 3.05) is 11.5 Å². The van der Waals surface area contributed by atoms with Gasteiger partial charge in [0.1, 0.15) is 0 Å². The number of thioether (sulfide) groups is 1. The minimum atomic E-state index is -3.00. The van der Waals surface area contributed by atoms with Gasteiger partial charge in [0.2, 0.25) is 0 Å². The van der Waals surface area contributed by atoms with Crippen molar-refractivity contribution in [1.29, 1.82) is 0 Å². The largest absolute Gasteiger partial charge is 0.269 e. The highest BCUT2D eigenvalue weighted by Gasteiger charge is 2.46. The van der Waals surface area contributed by atoms with E-state index in [1.54, 1.807) is 16.8 Å². The molecule has 0 radical (unpaired) electrons. The molecule has 2 aromatic rings. The number of rotatable bonds is 2. The number of nitro groups is 1. The first-order valence-corrected chi connectivity index (χ1v) is 9.21. The van der Waals surface area contributed by atoms with Crippen LogP contribution >= 0.6 is 11.8 Å². The summed E-state index contributed by atoms with van der Waals surface area (Å²) in [5, 5.41) is 15.8. The molecule has 1 aromatic carbocycles. The molecule has 1 fully saturated rings. The summed E-state index contributed by atoms with van der Waals surface area (Å²) in [4.78, 5) is 14.6. The van der Waals surface area contributed by atoms with Gasteiger partial charge in [-0.2, -0.15) is 0 Å². The second-order valence-electron chi connectivity index (χ2n) is 5.27. The minimum Gasteiger partial charge on any atom is -0.258 e. The highest BCUT2D eigenvalue weighted by molar-refractivity contribution is 8.02. The van der Waals surface area contributed by atoms with E-state index in [0.717, 1.165) is 0 Å². The van der Waals surface area contributed by atoms with E-state index < -0.39 is 14.8 Å². The standard InChI is InChI=1S/C12H10N4O4S2/c17-16(18)8-3-1-7(2-4-8)11-13-12-15(14-11)9-5-22(19,20)6-10(9)21-12/h1-4,9-10H,5-6H2/t9-,10-/m0/s1. The van der Waals surface area contributed by atoms with E-state index in [2.05, 4.69) is 10.1 Å². The maximum Gasteiger partial charge on any atom is 0.269 e. The molecule has 4 rings (SSSR count). The summed E-state index contributed by atoms with van der Waals surface area (Å²) >= 11 is 1.43. The molecule has 1 aromatic heterocycles. The fourth-order valence-corrected chi connectivity index (χ4v) is 6.56. The molecule has 22 heavy (non-hydrogen) atoms. The molecule has 114 valence electrons. The van der Waals surface area contributed by atoms with Crippen LogP contribution in [0.5, 0.6) is 0 Å². The van der Waals surface area contributed by atoms with Crippen LogP contribution in [-0.4, -0.2) is 44.9 Å². The van der Waals surface area contributed by atoms with Crippen LogP contribution in [0.25, 0.3) is 11.4 Å². The van der Waals surface area contributed by atoms with E-state index >= 15 is 0 Å². The maximum absolute atomic E-state index is 11.7. The summed E-state index contributed by atoms with van der Waals surface area (Å²) in [7, 11) is -3.00. The van der Waals surface area contributed by atoms with Gasteiger partial charge in [-0.25, -0.2) is 18.1 Å². The smallest absolute Gasteiger partial charge is 0.258 e. The Bertz CT molecular complexity index is 875. The Morgan fingerprint density at radius 2 is 2.00 bits per heavy atom. The van der Waals surface area contributed by atoms with Gasteiger partial charge in [-0.3, -0.25) is 10.1 Å². The van der Waals surface area contributed by atoms with Gasteiger partial charge in [-0.1, -0.05) is 11.8 Å². The lowest BCUT2D eigenvalue weighted by Gasteiger charge is -2.06. The number of nitro benzene ring substituents is 1. The summed E-state index contributed by atoms with van der Waals surface area (Å²) in [5.74, 6) is 0.723. The molecule has 0 N–H and O–H groups in total. The lowest BCUT2D eigenvalue weighted by atomic mass is 10.2. The summed E-state index contributed by atoms with van der Waals surface area (Å²) in [6.45, 7) is 0. The van der Waals surface area contributed by atoms with E-state index in [1.807, 2.05) is 0 Å². The van der Waals surface area contributed by atoms with Crippen LogP contribution in [-0.2, 0) is 9.84 Å². The SMILES string of the molecule is O=[N+]([O-])c1ccc(-c2nc3n(n2)[C@H]2CS(=O)(=O)C[C@@H]2S3)cc1. The summed E-state index contributed by atoms with van der Waals surface area (Å²) in [6.07, 6.45) is 0. The van der Waals surface area contributed by atoms with Crippen molar-refractivity contribution in [2.24, 2.45) is 0 Å². The predicted molar refractivity (Wildman–Crippen MR) is 79.4 cm³/mol. The molecule has 0 saturated carbocycles. The van der Waals surface area contributed by atoms with Crippen molar-refractivity contribution in [1.82, 2.24) is 14.8 Å². The average Bonchev–Trinajstić information content (AvgIpc) is 3.07. The van der Waals surface area contributed by atoms with Gasteiger partial charge in [-0.05, 0) is 12.1 Å². The van der Waals surface area contributed by atoms with Gasteiger partial charge in [0, 0.05) is 17.7 Å². The summed E-state index contributed by atoms with van der Waals surface area (Å²) in [5.41, 5.74) is 0.678. The second kappa shape index (κ2) is 4.53. The van der Waals surface area contributed by atoms with Crippen LogP contribution in [0.3, 0.4) is 0 Å². The van der Waals surface area contributed by atoms with Crippen molar-refractivity contribution < 1.29 is 13.3 Å². The summed E-state index contributed by atoms with van der Waals surface area (Å²) in [6, 6.07) is 5.83. The zero-order chi connectivity index (χ0) is 15.5. The first-order chi connectivity index (χ1) is 10.4.